The highest BCUT2D eigenvalue weighted by atomic mass is 16.7. The summed E-state index contributed by atoms with van der Waals surface area (Å²) in [7, 11) is 0. The molecule has 15 atom stereocenters. The van der Waals surface area contributed by atoms with Crippen LogP contribution in [0.5, 0.6) is 0 Å². The SMILES string of the molecule is CC(=O)N[C@@H]1[C@@H](O)[C@H](O)[C@@H](CO[C@@H]2O[C@H](CO[C@@H]3O[C@H](CO)[C@@H](O)[C@H](O)[C@H]3NC(C)=O)[C@@H](O)[C@H](O)[C@H]2NC(C)=O)O[C@H]1N. The van der Waals surface area contributed by atoms with Gasteiger partial charge in [-0.2, -0.15) is 0 Å². The van der Waals surface area contributed by atoms with Crippen molar-refractivity contribution >= 4 is 17.7 Å². The molecule has 0 saturated carbocycles. The summed E-state index contributed by atoms with van der Waals surface area (Å²) in [5.74, 6) is -1.71. The Bertz CT molecular complexity index is 964. The lowest BCUT2D eigenvalue weighted by Gasteiger charge is -2.45. The van der Waals surface area contributed by atoms with Gasteiger partial charge in [0.05, 0.1) is 25.9 Å². The number of carbonyl (C=O) groups excluding carboxylic acids is 3. The summed E-state index contributed by atoms with van der Waals surface area (Å²) in [5, 5.41) is 79.9. The highest BCUT2D eigenvalue weighted by molar-refractivity contribution is 5.74. The zero-order chi connectivity index (χ0) is 32.2. The van der Waals surface area contributed by atoms with Gasteiger partial charge in [0.15, 0.2) is 12.6 Å². The molecule has 3 aliphatic heterocycles. The van der Waals surface area contributed by atoms with Crippen molar-refractivity contribution in [2.45, 2.75) is 113 Å². The number of nitrogens with one attached hydrogen (secondary N) is 3. The lowest BCUT2D eigenvalue weighted by molar-refractivity contribution is -0.309. The second-order valence-corrected chi connectivity index (χ2v) is 10.7. The van der Waals surface area contributed by atoms with E-state index in [0.29, 0.717) is 0 Å². The van der Waals surface area contributed by atoms with Crippen molar-refractivity contribution in [1.82, 2.24) is 16.0 Å². The third kappa shape index (κ3) is 8.54. The number of ether oxygens (including phenoxy) is 5. The predicted molar refractivity (Wildman–Crippen MR) is 138 cm³/mol. The second kappa shape index (κ2) is 15.3. The number of hydrogen-bond acceptors (Lipinski definition) is 16. The van der Waals surface area contributed by atoms with Crippen molar-refractivity contribution in [1.29, 1.82) is 0 Å². The monoisotopic (exact) mass is 626 g/mol. The molecule has 0 bridgehead atoms. The van der Waals surface area contributed by atoms with E-state index in [1.54, 1.807) is 0 Å². The third-order valence-corrected chi connectivity index (χ3v) is 7.33. The number of amides is 3. The standard InChI is InChI=1S/C24H42N4O15/c1-7(30)26-13-19(36)17(34)11(41-22(13)25)5-39-24-15(28-9(3)32)21(38)18(35)12(43-24)6-40-23-14(27-8(2)31)20(37)16(33)10(4-29)42-23/h10-24,29,33-38H,4-6,25H2,1-3H3,(H,26,30)(H,27,31)(H,28,32)/t10-,11-,12-,13-,14-,15-,16-,17-,18-,19-,20-,21-,22-,23-,24-/m1/s1. The van der Waals surface area contributed by atoms with E-state index in [9.17, 15) is 50.1 Å². The summed E-state index contributed by atoms with van der Waals surface area (Å²) >= 11 is 0. The molecule has 3 rings (SSSR count). The van der Waals surface area contributed by atoms with E-state index in [-0.39, 0.29) is 0 Å². The Balaban J connectivity index is 1.72. The van der Waals surface area contributed by atoms with Crippen LogP contribution in [0.15, 0.2) is 0 Å². The lowest BCUT2D eigenvalue weighted by Crippen LogP contribution is -2.68. The molecule has 0 aromatic rings. The molecule has 248 valence electrons. The number of rotatable bonds is 10. The number of nitrogens with two attached hydrogens (primary N) is 1. The van der Waals surface area contributed by atoms with E-state index in [2.05, 4.69) is 16.0 Å². The summed E-state index contributed by atoms with van der Waals surface area (Å²) in [5.41, 5.74) is 5.90. The van der Waals surface area contributed by atoms with Crippen molar-refractivity contribution < 1.29 is 73.8 Å². The Morgan fingerprint density at radius 1 is 0.605 bits per heavy atom. The van der Waals surface area contributed by atoms with E-state index in [1.807, 2.05) is 0 Å². The van der Waals surface area contributed by atoms with Crippen LogP contribution in [0.4, 0.5) is 0 Å². The second-order valence-electron chi connectivity index (χ2n) is 10.7. The van der Waals surface area contributed by atoms with Crippen LogP contribution < -0.4 is 21.7 Å². The van der Waals surface area contributed by atoms with Gasteiger partial charge in [-0.1, -0.05) is 0 Å². The van der Waals surface area contributed by atoms with E-state index in [0.717, 1.165) is 13.8 Å². The van der Waals surface area contributed by atoms with Crippen molar-refractivity contribution in [3.8, 4) is 0 Å². The fourth-order valence-electron chi connectivity index (χ4n) is 5.13. The molecule has 12 N–H and O–H groups in total. The molecule has 3 amide bonds. The minimum absolute atomic E-state index is 0.492. The fourth-order valence-corrected chi connectivity index (χ4v) is 5.13. The van der Waals surface area contributed by atoms with Gasteiger partial charge in [0, 0.05) is 20.8 Å². The first-order valence-electron chi connectivity index (χ1n) is 13.6. The summed E-state index contributed by atoms with van der Waals surface area (Å²) in [6, 6.07) is -3.74. The highest BCUT2D eigenvalue weighted by Crippen LogP contribution is 2.27. The smallest absolute Gasteiger partial charge is 0.217 e. The maximum absolute atomic E-state index is 11.8. The quantitative estimate of drug-likeness (QED) is 0.107. The Morgan fingerprint density at radius 3 is 1.37 bits per heavy atom. The van der Waals surface area contributed by atoms with Crippen LogP contribution in [-0.4, -0.2) is 165 Å². The van der Waals surface area contributed by atoms with Gasteiger partial charge in [-0.15, -0.1) is 0 Å². The molecule has 0 aromatic carbocycles. The minimum atomic E-state index is -1.68. The maximum atomic E-state index is 11.8. The summed E-state index contributed by atoms with van der Waals surface area (Å²) in [6.07, 6.45) is -17.7. The van der Waals surface area contributed by atoms with Crippen LogP contribution in [0.3, 0.4) is 0 Å². The minimum Gasteiger partial charge on any atom is -0.394 e. The van der Waals surface area contributed by atoms with Crippen LogP contribution in [0.1, 0.15) is 20.8 Å². The van der Waals surface area contributed by atoms with Crippen LogP contribution >= 0.6 is 0 Å². The largest absolute Gasteiger partial charge is 0.394 e. The Labute approximate surface area is 246 Å². The van der Waals surface area contributed by atoms with Gasteiger partial charge in [0.2, 0.25) is 17.7 Å². The van der Waals surface area contributed by atoms with E-state index < -0.39 is 129 Å². The lowest BCUT2D eigenvalue weighted by atomic mass is 9.95. The predicted octanol–water partition coefficient (Wildman–Crippen LogP) is -7.18. The van der Waals surface area contributed by atoms with Crippen molar-refractivity contribution in [3.05, 3.63) is 0 Å². The van der Waals surface area contributed by atoms with E-state index in [4.69, 9.17) is 29.4 Å². The van der Waals surface area contributed by atoms with Gasteiger partial charge in [-0.05, 0) is 0 Å². The molecule has 19 nitrogen and oxygen atoms in total. The van der Waals surface area contributed by atoms with Crippen LogP contribution in [0.25, 0.3) is 0 Å². The maximum Gasteiger partial charge on any atom is 0.217 e. The molecule has 0 aromatic heterocycles. The first-order valence-corrected chi connectivity index (χ1v) is 13.6. The van der Waals surface area contributed by atoms with Gasteiger partial charge >= 0.3 is 0 Å². The Kier molecular flexibility index (Phi) is 12.5. The number of hydrogen-bond donors (Lipinski definition) is 11. The molecule has 0 radical (unpaired) electrons. The van der Waals surface area contributed by atoms with Gasteiger partial charge in [-0.25, -0.2) is 0 Å². The first-order chi connectivity index (χ1) is 20.2. The first kappa shape index (κ1) is 35.4. The molecule has 3 heterocycles. The average molecular weight is 627 g/mol. The van der Waals surface area contributed by atoms with Crippen LogP contribution in [0.2, 0.25) is 0 Å². The molecule has 0 unspecified atom stereocenters. The molecule has 3 aliphatic rings. The van der Waals surface area contributed by atoms with Crippen LogP contribution in [-0.2, 0) is 38.1 Å². The summed E-state index contributed by atoms with van der Waals surface area (Å²) in [6.45, 7) is 1.77. The van der Waals surface area contributed by atoms with Crippen LogP contribution in [0, 0.1) is 0 Å². The summed E-state index contributed by atoms with van der Waals surface area (Å²) in [4.78, 5) is 34.9. The average Bonchev–Trinajstić information content (AvgIpc) is 2.93. The summed E-state index contributed by atoms with van der Waals surface area (Å²) < 4.78 is 28.1. The normalized spacial score (nSPS) is 43.5. The number of aliphatic hydroxyl groups excluding tert-OH is 7. The molecular weight excluding hydrogens is 584 g/mol. The van der Waals surface area contributed by atoms with E-state index in [1.165, 1.54) is 6.92 Å². The fraction of sp³-hybridized carbons (Fsp3) is 0.875. The molecule has 0 aliphatic carbocycles. The third-order valence-electron chi connectivity index (χ3n) is 7.33. The van der Waals surface area contributed by atoms with Gasteiger partial charge in [0.25, 0.3) is 0 Å². The zero-order valence-electron chi connectivity index (χ0n) is 23.8. The zero-order valence-corrected chi connectivity index (χ0v) is 23.8. The Morgan fingerprint density at radius 2 is 0.953 bits per heavy atom. The molecule has 3 fully saturated rings. The van der Waals surface area contributed by atoms with Crippen molar-refractivity contribution in [2.24, 2.45) is 5.73 Å². The van der Waals surface area contributed by atoms with Crippen molar-refractivity contribution in [3.63, 3.8) is 0 Å². The number of aliphatic hydroxyl groups is 7. The Hall–Kier alpha value is -2.11. The van der Waals surface area contributed by atoms with Gasteiger partial charge in [0.1, 0.15) is 73.2 Å². The van der Waals surface area contributed by atoms with Crippen molar-refractivity contribution in [2.75, 3.05) is 19.8 Å². The number of carbonyl (C=O) groups is 3. The molecule has 19 heteroatoms. The van der Waals surface area contributed by atoms with Gasteiger partial charge in [-0.3, -0.25) is 14.4 Å². The molecule has 0 spiro atoms. The topological polar surface area (TPSA) is 301 Å². The molecule has 43 heavy (non-hydrogen) atoms. The molecule has 3 saturated heterocycles. The van der Waals surface area contributed by atoms with E-state index >= 15 is 0 Å². The molecular formula is C24H42N4O15. The van der Waals surface area contributed by atoms with Gasteiger partial charge < -0.3 is 81.1 Å². The highest BCUT2D eigenvalue weighted by Gasteiger charge is 2.50.